The maximum absolute atomic E-state index is 12.1. The Kier molecular flexibility index (Phi) is 6.41. The molecule has 2 N–H and O–H groups in total. The number of carbonyl (C=O) groups is 1. The van der Waals surface area contributed by atoms with Gasteiger partial charge in [-0.15, -0.1) is 0 Å². The molecule has 2 rings (SSSR count). The number of urea groups is 1. The van der Waals surface area contributed by atoms with Gasteiger partial charge in [0.25, 0.3) is 0 Å². The van der Waals surface area contributed by atoms with E-state index < -0.39 is 0 Å². The number of halogens is 1. The van der Waals surface area contributed by atoms with Crippen LogP contribution in [-0.4, -0.2) is 6.03 Å². The molecule has 120 valence electrons. The first-order valence-electron chi connectivity index (χ1n) is 7.68. The minimum absolute atomic E-state index is 0.244. The number of amides is 2. The van der Waals surface area contributed by atoms with E-state index in [9.17, 15) is 4.79 Å². The molecular formula is C19H21BrN2O. The van der Waals surface area contributed by atoms with Crippen LogP contribution in [0, 0.1) is 0 Å². The van der Waals surface area contributed by atoms with Gasteiger partial charge < -0.3 is 10.6 Å². The molecule has 1 unspecified atom stereocenters. The van der Waals surface area contributed by atoms with Gasteiger partial charge in [-0.3, -0.25) is 0 Å². The van der Waals surface area contributed by atoms with E-state index in [0.717, 1.165) is 27.7 Å². The Morgan fingerprint density at radius 1 is 1.22 bits per heavy atom. The summed E-state index contributed by atoms with van der Waals surface area (Å²) in [6.07, 6.45) is 4.52. The highest BCUT2D eigenvalue weighted by Gasteiger charge is 2.10. The first-order chi connectivity index (χ1) is 11.1. The number of para-hydroxylation sites is 1. The SMILES string of the molecule is CCC(C)c1ccccc1NC(=O)N/C=C/c1cccc(Br)c1. The Morgan fingerprint density at radius 3 is 2.74 bits per heavy atom. The fraction of sp³-hybridized carbons (Fsp3) is 0.211. The van der Waals surface area contributed by atoms with Gasteiger partial charge >= 0.3 is 6.03 Å². The van der Waals surface area contributed by atoms with Gasteiger partial charge in [0.2, 0.25) is 0 Å². The third kappa shape index (κ3) is 5.25. The van der Waals surface area contributed by atoms with Gasteiger partial charge in [-0.1, -0.05) is 60.1 Å². The molecule has 0 bridgehead atoms. The molecule has 3 nitrogen and oxygen atoms in total. The lowest BCUT2D eigenvalue weighted by Gasteiger charge is -2.15. The van der Waals surface area contributed by atoms with Gasteiger partial charge in [-0.05, 0) is 47.7 Å². The molecule has 4 heteroatoms. The molecule has 2 aromatic rings. The van der Waals surface area contributed by atoms with E-state index in [1.807, 2.05) is 48.5 Å². The van der Waals surface area contributed by atoms with Crippen molar-refractivity contribution in [2.24, 2.45) is 0 Å². The van der Waals surface area contributed by atoms with Crippen LogP contribution in [0.2, 0.25) is 0 Å². The van der Waals surface area contributed by atoms with Crippen molar-refractivity contribution in [2.75, 3.05) is 5.32 Å². The Labute approximate surface area is 145 Å². The van der Waals surface area contributed by atoms with E-state index in [-0.39, 0.29) is 6.03 Å². The van der Waals surface area contributed by atoms with Gasteiger partial charge in [0, 0.05) is 16.4 Å². The summed E-state index contributed by atoms with van der Waals surface area (Å²) in [6, 6.07) is 15.5. The second-order valence-electron chi connectivity index (χ2n) is 5.38. The highest BCUT2D eigenvalue weighted by atomic mass is 79.9. The highest BCUT2D eigenvalue weighted by Crippen LogP contribution is 2.26. The van der Waals surface area contributed by atoms with E-state index >= 15 is 0 Å². The zero-order valence-corrected chi connectivity index (χ0v) is 14.9. The third-order valence-electron chi connectivity index (χ3n) is 3.69. The summed E-state index contributed by atoms with van der Waals surface area (Å²) >= 11 is 3.42. The normalized spacial score (nSPS) is 12.1. The molecular weight excluding hydrogens is 352 g/mol. The van der Waals surface area contributed by atoms with Crippen LogP contribution in [0.25, 0.3) is 6.08 Å². The minimum Gasteiger partial charge on any atom is -0.314 e. The van der Waals surface area contributed by atoms with Crippen LogP contribution in [0.4, 0.5) is 10.5 Å². The van der Waals surface area contributed by atoms with Crippen LogP contribution in [-0.2, 0) is 0 Å². The van der Waals surface area contributed by atoms with Gasteiger partial charge in [-0.25, -0.2) is 4.79 Å². The standard InChI is InChI=1S/C19H21BrN2O/c1-3-14(2)17-9-4-5-10-18(17)22-19(23)21-12-11-15-7-6-8-16(20)13-15/h4-14H,3H2,1-2H3,(H2,21,22,23)/b12-11+. The number of anilines is 1. The highest BCUT2D eigenvalue weighted by molar-refractivity contribution is 9.10. The Hall–Kier alpha value is -2.07. The number of rotatable bonds is 5. The molecule has 0 heterocycles. The van der Waals surface area contributed by atoms with Crippen molar-refractivity contribution >= 4 is 33.7 Å². The van der Waals surface area contributed by atoms with Crippen LogP contribution in [0.3, 0.4) is 0 Å². The van der Waals surface area contributed by atoms with Crippen LogP contribution in [0.1, 0.15) is 37.3 Å². The number of hydrogen-bond acceptors (Lipinski definition) is 1. The van der Waals surface area contributed by atoms with E-state index in [1.165, 1.54) is 0 Å². The quantitative estimate of drug-likeness (QED) is 0.688. The number of nitrogens with one attached hydrogen (secondary N) is 2. The fourth-order valence-corrected chi connectivity index (χ4v) is 2.66. The first-order valence-corrected chi connectivity index (χ1v) is 8.48. The second kappa shape index (κ2) is 8.53. The number of hydrogen-bond donors (Lipinski definition) is 2. The average molecular weight is 373 g/mol. The molecule has 2 amide bonds. The van der Waals surface area contributed by atoms with Crippen LogP contribution in [0.15, 0.2) is 59.2 Å². The van der Waals surface area contributed by atoms with Crippen molar-refractivity contribution in [1.82, 2.24) is 5.32 Å². The molecule has 2 aromatic carbocycles. The molecule has 0 saturated carbocycles. The lowest BCUT2D eigenvalue weighted by molar-refractivity contribution is 0.255. The summed E-state index contributed by atoms with van der Waals surface area (Å²) in [5.41, 5.74) is 3.02. The largest absolute Gasteiger partial charge is 0.323 e. The van der Waals surface area contributed by atoms with Gasteiger partial charge in [0.05, 0.1) is 0 Å². The maximum atomic E-state index is 12.1. The fourth-order valence-electron chi connectivity index (χ4n) is 2.24. The second-order valence-corrected chi connectivity index (χ2v) is 6.30. The molecule has 1 atom stereocenters. The summed E-state index contributed by atoms with van der Waals surface area (Å²) in [5, 5.41) is 5.65. The predicted octanol–water partition coefficient (Wildman–Crippen LogP) is 5.76. The predicted molar refractivity (Wildman–Crippen MR) is 100 cm³/mol. The summed E-state index contributed by atoms with van der Waals surface area (Å²) in [7, 11) is 0. The van der Waals surface area contributed by atoms with E-state index in [4.69, 9.17) is 0 Å². The van der Waals surface area contributed by atoms with Gasteiger partial charge in [-0.2, -0.15) is 0 Å². The van der Waals surface area contributed by atoms with Gasteiger partial charge in [0.1, 0.15) is 0 Å². The Balaban J connectivity index is 1.98. The molecule has 23 heavy (non-hydrogen) atoms. The van der Waals surface area contributed by atoms with Crippen molar-refractivity contribution in [1.29, 1.82) is 0 Å². The maximum Gasteiger partial charge on any atom is 0.323 e. The third-order valence-corrected chi connectivity index (χ3v) is 4.18. The molecule has 0 aliphatic rings. The summed E-state index contributed by atoms with van der Waals surface area (Å²) in [5.74, 6) is 0.406. The van der Waals surface area contributed by atoms with Crippen LogP contribution < -0.4 is 10.6 Å². The lowest BCUT2D eigenvalue weighted by atomic mass is 9.97. The minimum atomic E-state index is -0.244. The Bertz CT molecular complexity index is 697. The van der Waals surface area contributed by atoms with Crippen molar-refractivity contribution in [2.45, 2.75) is 26.2 Å². The zero-order valence-electron chi connectivity index (χ0n) is 13.3. The molecule has 0 saturated heterocycles. The van der Waals surface area contributed by atoms with Crippen LogP contribution in [0.5, 0.6) is 0 Å². The topological polar surface area (TPSA) is 41.1 Å². The Morgan fingerprint density at radius 2 is 2.00 bits per heavy atom. The van der Waals surface area contributed by atoms with Gasteiger partial charge in [0.15, 0.2) is 0 Å². The summed E-state index contributed by atoms with van der Waals surface area (Å²) < 4.78 is 1.01. The van der Waals surface area contributed by atoms with E-state index in [1.54, 1.807) is 6.20 Å². The van der Waals surface area contributed by atoms with Crippen molar-refractivity contribution < 1.29 is 4.79 Å². The summed E-state index contributed by atoms with van der Waals surface area (Å²) in [6.45, 7) is 4.30. The molecule has 0 fully saturated rings. The van der Waals surface area contributed by atoms with E-state index in [0.29, 0.717) is 5.92 Å². The summed E-state index contributed by atoms with van der Waals surface area (Å²) in [4.78, 5) is 12.1. The molecule has 0 aliphatic carbocycles. The molecule has 0 radical (unpaired) electrons. The molecule has 0 aromatic heterocycles. The first kappa shape index (κ1) is 17.3. The number of carbonyl (C=O) groups excluding carboxylic acids is 1. The van der Waals surface area contributed by atoms with Crippen molar-refractivity contribution in [3.05, 3.63) is 70.3 Å². The smallest absolute Gasteiger partial charge is 0.314 e. The number of benzene rings is 2. The van der Waals surface area contributed by atoms with E-state index in [2.05, 4.69) is 46.5 Å². The lowest BCUT2D eigenvalue weighted by Crippen LogP contribution is -2.24. The van der Waals surface area contributed by atoms with Crippen molar-refractivity contribution in [3.8, 4) is 0 Å². The van der Waals surface area contributed by atoms with Crippen LogP contribution >= 0.6 is 15.9 Å². The monoisotopic (exact) mass is 372 g/mol. The molecule has 0 spiro atoms. The molecule has 0 aliphatic heterocycles. The van der Waals surface area contributed by atoms with Crippen molar-refractivity contribution in [3.63, 3.8) is 0 Å². The average Bonchev–Trinajstić information content (AvgIpc) is 2.55. The zero-order chi connectivity index (χ0) is 16.7.